The summed E-state index contributed by atoms with van der Waals surface area (Å²) in [6.07, 6.45) is 7.23. The zero-order chi connectivity index (χ0) is 16.2. The second kappa shape index (κ2) is 6.77. The van der Waals surface area contributed by atoms with Crippen LogP contribution in [0.3, 0.4) is 0 Å². The first-order valence-electron chi connectivity index (χ1n) is 8.14. The Hall–Kier alpha value is -2.43. The van der Waals surface area contributed by atoms with Crippen LogP contribution in [0.5, 0.6) is 0 Å². The van der Waals surface area contributed by atoms with E-state index in [0.29, 0.717) is 5.69 Å². The number of nitrogens with zero attached hydrogens (tertiary/aromatic N) is 2. The number of nitrogen functional groups attached to an aromatic ring is 1. The van der Waals surface area contributed by atoms with Gasteiger partial charge in [0.15, 0.2) is 11.5 Å². The summed E-state index contributed by atoms with van der Waals surface area (Å²) in [5.74, 6) is -0.0509. The number of carbonyl (C=O) groups is 1. The van der Waals surface area contributed by atoms with Crippen LogP contribution in [0.2, 0.25) is 0 Å². The van der Waals surface area contributed by atoms with Crippen molar-refractivity contribution in [1.82, 2.24) is 15.3 Å². The van der Waals surface area contributed by atoms with Crippen molar-refractivity contribution in [3.05, 3.63) is 41.7 Å². The topological polar surface area (TPSA) is 80.9 Å². The Bertz CT molecular complexity index is 691. The van der Waals surface area contributed by atoms with Crippen LogP contribution < -0.4 is 11.1 Å². The minimum absolute atomic E-state index is 0.175. The van der Waals surface area contributed by atoms with Crippen molar-refractivity contribution in [2.45, 2.75) is 45.1 Å². The lowest BCUT2D eigenvalue weighted by Gasteiger charge is -2.22. The number of aromatic nitrogens is 2. The highest BCUT2D eigenvalue weighted by Gasteiger charge is 2.20. The Morgan fingerprint density at radius 3 is 2.57 bits per heavy atom. The number of rotatable bonds is 3. The fourth-order valence-corrected chi connectivity index (χ4v) is 2.93. The zero-order valence-corrected chi connectivity index (χ0v) is 13.4. The van der Waals surface area contributed by atoms with Crippen molar-refractivity contribution in [3.63, 3.8) is 0 Å². The van der Waals surface area contributed by atoms with E-state index in [2.05, 4.69) is 15.3 Å². The van der Waals surface area contributed by atoms with Gasteiger partial charge < -0.3 is 11.1 Å². The number of hydrogen-bond donors (Lipinski definition) is 2. The van der Waals surface area contributed by atoms with E-state index in [1.807, 2.05) is 31.2 Å². The maximum absolute atomic E-state index is 12.5. The molecule has 1 aromatic heterocycles. The molecule has 23 heavy (non-hydrogen) atoms. The molecular weight excluding hydrogens is 288 g/mol. The van der Waals surface area contributed by atoms with E-state index in [1.54, 1.807) is 6.20 Å². The van der Waals surface area contributed by atoms with E-state index in [4.69, 9.17) is 5.73 Å². The Morgan fingerprint density at radius 2 is 1.87 bits per heavy atom. The van der Waals surface area contributed by atoms with Crippen LogP contribution in [0.1, 0.15) is 48.2 Å². The van der Waals surface area contributed by atoms with Crippen molar-refractivity contribution >= 4 is 11.7 Å². The van der Waals surface area contributed by atoms with Gasteiger partial charge in [-0.1, -0.05) is 49.1 Å². The monoisotopic (exact) mass is 310 g/mol. The lowest BCUT2D eigenvalue weighted by atomic mass is 9.95. The SMILES string of the molecule is Cc1ccc(-c2cnc(N)c(C(=O)NC3CCCCC3)n2)cc1. The minimum atomic E-state index is -0.226. The molecule has 0 saturated heterocycles. The second-order valence-electron chi connectivity index (χ2n) is 6.16. The largest absolute Gasteiger partial charge is 0.382 e. The van der Waals surface area contributed by atoms with Crippen molar-refractivity contribution in [3.8, 4) is 11.3 Å². The molecule has 1 aromatic carbocycles. The summed E-state index contributed by atoms with van der Waals surface area (Å²) < 4.78 is 0. The van der Waals surface area contributed by atoms with Crippen molar-refractivity contribution < 1.29 is 4.79 Å². The molecule has 0 radical (unpaired) electrons. The normalized spacial score (nSPS) is 15.3. The Morgan fingerprint density at radius 1 is 1.17 bits per heavy atom. The van der Waals surface area contributed by atoms with E-state index in [0.717, 1.165) is 31.2 Å². The van der Waals surface area contributed by atoms with Crippen molar-refractivity contribution in [2.75, 3.05) is 5.73 Å². The van der Waals surface area contributed by atoms with E-state index < -0.39 is 0 Å². The number of benzene rings is 1. The standard InChI is InChI=1S/C18H22N4O/c1-12-7-9-13(10-8-12)15-11-20-17(19)16(22-15)18(23)21-14-5-3-2-4-6-14/h7-11,14H,2-6H2,1H3,(H2,19,20)(H,21,23). The van der Waals surface area contributed by atoms with Crippen LogP contribution in [0, 0.1) is 6.92 Å². The molecule has 3 N–H and O–H groups in total. The molecule has 5 nitrogen and oxygen atoms in total. The van der Waals surface area contributed by atoms with Gasteiger partial charge in [0, 0.05) is 11.6 Å². The number of anilines is 1. The molecule has 0 spiro atoms. The predicted octanol–water partition coefficient (Wildman–Crippen LogP) is 3.10. The van der Waals surface area contributed by atoms with Gasteiger partial charge in [0.1, 0.15) is 0 Å². The van der Waals surface area contributed by atoms with E-state index in [1.165, 1.54) is 12.0 Å². The van der Waals surface area contributed by atoms with Crippen LogP contribution in [-0.4, -0.2) is 21.9 Å². The van der Waals surface area contributed by atoms with Gasteiger partial charge in [-0.05, 0) is 19.8 Å². The molecule has 1 fully saturated rings. The van der Waals surface area contributed by atoms with Gasteiger partial charge in [-0.15, -0.1) is 0 Å². The van der Waals surface area contributed by atoms with Gasteiger partial charge in [-0.2, -0.15) is 0 Å². The molecule has 1 amide bonds. The molecule has 1 aliphatic carbocycles. The molecule has 2 aromatic rings. The zero-order valence-electron chi connectivity index (χ0n) is 13.4. The van der Waals surface area contributed by atoms with Crippen molar-refractivity contribution in [1.29, 1.82) is 0 Å². The number of amides is 1. The summed E-state index contributed by atoms with van der Waals surface area (Å²) in [5.41, 5.74) is 8.84. The molecule has 0 bridgehead atoms. The Kier molecular flexibility index (Phi) is 4.55. The van der Waals surface area contributed by atoms with Crippen LogP contribution in [0.25, 0.3) is 11.3 Å². The summed E-state index contributed by atoms with van der Waals surface area (Å²) in [6, 6.07) is 8.18. The van der Waals surface area contributed by atoms with E-state index >= 15 is 0 Å². The lowest BCUT2D eigenvalue weighted by Crippen LogP contribution is -2.37. The number of nitrogens with two attached hydrogens (primary N) is 1. The van der Waals surface area contributed by atoms with Crippen molar-refractivity contribution in [2.24, 2.45) is 0 Å². The van der Waals surface area contributed by atoms with Gasteiger partial charge in [-0.25, -0.2) is 9.97 Å². The minimum Gasteiger partial charge on any atom is -0.382 e. The molecule has 1 aliphatic rings. The third kappa shape index (κ3) is 3.67. The van der Waals surface area contributed by atoms with Gasteiger partial charge in [0.25, 0.3) is 5.91 Å². The Balaban J connectivity index is 1.82. The average molecular weight is 310 g/mol. The highest BCUT2D eigenvalue weighted by molar-refractivity contribution is 5.97. The fourth-order valence-electron chi connectivity index (χ4n) is 2.93. The smallest absolute Gasteiger partial charge is 0.273 e. The lowest BCUT2D eigenvalue weighted by molar-refractivity contribution is 0.0923. The summed E-state index contributed by atoms with van der Waals surface area (Å²) >= 11 is 0. The second-order valence-corrected chi connectivity index (χ2v) is 6.16. The molecule has 120 valence electrons. The first-order chi connectivity index (χ1) is 11.1. The number of carbonyl (C=O) groups excluding carboxylic acids is 1. The first-order valence-corrected chi connectivity index (χ1v) is 8.14. The molecule has 3 rings (SSSR count). The van der Waals surface area contributed by atoms with Crippen LogP contribution in [-0.2, 0) is 0 Å². The average Bonchev–Trinajstić information content (AvgIpc) is 2.57. The third-order valence-electron chi connectivity index (χ3n) is 4.30. The molecule has 0 atom stereocenters. The maximum atomic E-state index is 12.5. The molecule has 1 saturated carbocycles. The predicted molar refractivity (Wildman–Crippen MR) is 91.0 cm³/mol. The van der Waals surface area contributed by atoms with Crippen LogP contribution >= 0.6 is 0 Å². The van der Waals surface area contributed by atoms with Crippen LogP contribution in [0.4, 0.5) is 5.82 Å². The van der Waals surface area contributed by atoms with E-state index in [9.17, 15) is 4.79 Å². The highest BCUT2D eigenvalue weighted by atomic mass is 16.2. The fraction of sp³-hybridized carbons (Fsp3) is 0.389. The number of nitrogens with one attached hydrogen (secondary N) is 1. The maximum Gasteiger partial charge on any atom is 0.273 e. The third-order valence-corrected chi connectivity index (χ3v) is 4.30. The Labute approximate surface area is 136 Å². The number of aryl methyl sites for hydroxylation is 1. The first kappa shape index (κ1) is 15.5. The van der Waals surface area contributed by atoms with Gasteiger partial charge in [0.2, 0.25) is 0 Å². The van der Waals surface area contributed by atoms with Gasteiger partial charge >= 0.3 is 0 Å². The molecule has 0 unspecified atom stereocenters. The molecule has 5 heteroatoms. The summed E-state index contributed by atoms with van der Waals surface area (Å²) in [4.78, 5) is 21.1. The van der Waals surface area contributed by atoms with Gasteiger partial charge in [-0.3, -0.25) is 4.79 Å². The number of hydrogen-bond acceptors (Lipinski definition) is 4. The molecule has 0 aliphatic heterocycles. The quantitative estimate of drug-likeness (QED) is 0.913. The summed E-state index contributed by atoms with van der Waals surface area (Å²) in [7, 11) is 0. The summed E-state index contributed by atoms with van der Waals surface area (Å²) in [5, 5.41) is 3.04. The highest BCUT2D eigenvalue weighted by Crippen LogP contribution is 2.21. The van der Waals surface area contributed by atoms with E-state index in [-0.39, 0.29) is 23.5 Å². The molecular formula is C18H22N4O. The molecule has 1 heterocycles. The van der Waals surface area contributed by atoms with Gasteiger partial charge in [0.05, 0.1) is 11.9 Å². The summed E-state index contributed by atoms with van der Waals surface area (Å²) in [6.45, 7) is 2.03. The van der Waals surface area contributed by atoms with Crippen LogP contribution in [0.15, 0.2) is 30.5 Å².